The fraction of sp³-hybridized carbons (Fsp3) is 0.250. The second kappa shape index (κ2) is 11.2. The lowest BCUT2D eigenvalue weighted by atomic mass is 10.2. The molecule has 1 fully saturated rings. The molecular formula is C28H27ClN4O2S. The summed E-state index contributed by atoms with van der Waals surface area (Å²) in [5.74, 6) is 0.643. The van der Waals surface area contributed by atoms with Crippen molar-refractivity contribution in [2.75, 3.05) is 31.1 Å². The van der Waals surface area contributed by atoms with Gasteiger partial charge in [0.1, 0.15) is 0 Å². The highest BCUT2D eigenvalue weighted by Crippen LogP contribution is 2.26. The van der Waals surface area contributed by atoms with Crippen LogP contribution in [-0.4, -0.2) is 46.5 Å². The van der Waals surface area contributed by atoms with Crippen molar-refractivity contribution in [2.45, 2.75) is 23.9 Å². The van der Waals surface area contributed by atoms with Crippen LogP contribution in [0, 0.1) is 0 Å². The molecule has 5 rings (SSSR count). The van der Waals surface area contributed by atoms with Crippen LogP contribution >= 0.6 is 23.4 Å². The molecule has 4 aromatic rings. The lowest BCUT2D eigenvalue weighted by Crippen LogP contribution is -2.49. The number of fused-ring (bicyclic) bond motifs is 1. The lowest BCUT2D eigenvalue weighted by Gasteiger charge is -2.36. The molecule has 1 aliphatic rings. The molecule has 0 unspecified atom stereocenters. The zero-order chi connectivity index (χ0) is 24.9. The molecule has 36 heavy (non-hydrogen) atoms. The van der Waals surface area contributed by atoms with Gasteiger partial charge in [0.2, 0.25) is 5.91 Å². The molecule has 3 aromatic carbocycles. The Kier molecular flexibility index (Phi) is 7.58. The quantitative estimate of drug-likeness (QED) is 0.252. The lowest BCUT2D eigenvalue weighted by molar-refractivity contribution is -0.131. The molecule has 0 radical (unpaired) electrons. The summed E-state index contributed by atoms with van der Waals surface area (Å²) >= 11 is 7.80. The number of hydrogen-bond acceptors (Lipinski definition) is 5. The van der Waals surface area contributed by atoms with E-state index in [0.717, 1.165) is 18.7 Å². The van der Waals surface area contributed by atoms with Gasteiger partial charge >= 0.3 is 0 Å². The Bertz CT molecular complexity index is 1420. The minimum atomic E-state index is -0.121. The molecule has 6 nitrogen and oxygen atoms in total. The molecule has 1 amide bonds. The largest absolute Gasteiger partial charge is 0.368 e. The van der Waals surface area contributed by atoms with Crippen LogP contribution in [-0.2, 0) is 17.1 Å². The van der Waals surface area contributed by atoms with Gasteiger partial charge in [-0.2, -0.15) is 0 Å². The summed E-state index contributed by atoms with van der Waals surface area (Å²) in [7, 11) is 0. The van der Waals surface area contributed by atoms with Crippen molar-refractivity contribution in [1.29, 1.82) is 0 Å². The highest BCUT2D eigenvalue weighted by atomic mass is 35.5. The third kappa shape index (κ3) is 5.42. The zero-order valence-electron chi connectivity index (χ0n) is 19.8. The number of thioether (sulfide) groups is 1. The fourth-order valence-electron chi connectivity index (χ4n) is 4.43. The van der Waals surface area contributed by atoms with E-state index < -0.39 is 0 Å². The molecule has 2 heterocycles. The number of halogens is 1. The molecule has 0 bridgehead atoms. The Morgan fingerprint density at radius 2 is 1.58 bits per heavy atom. The van der Waals surface area contributed by atoms with E-state index in [1.807, 2.05) is 65.6 Å². The van der Waals surface area contributed by atoms with Gasteiger partial charge in [-0.25, -0.2) is 4.98 Å². The van der Waals surface area contributed by atoms with Gasteiger partial charge in [-0.05, 0) is 35.9 Å². The van der Waals surface area contributed by atoms with Gasteiger partial charge in [0.15, 0.2) is 5.16 Å². The summed E-state index contributed by atoms with van der Waals surface area (Å²) in [6.07, 6.45) is 0.255. The van der Waals surface area contributed by atoms with E-state index in [9.17, 15) is 9.59 Å². The van der Waals surface area contributed by atoms with Crippen molar-refractivity contribution in [1.82, 2.24) is 14.5 Å². The highest BCUT2D eigenvalue weighted by Gasteiger charge is 2.22. The van der Waals surface area contributed by atoms with Gasteiger partial charge in [-0.15, -0.1) is 0 Å². The van der Waals surface area contributed by atoms with Crippen molar-refractivity contribution >= 4 is 45.9 Å². The Morgan fingerprint density at radius 1 is 0.889 bits per heavy atom. The Hall–Kier alpha value is -3.29. The average Bonchev–Trinajstić information content (AvgIpc) is 2.93. The molecular weight excluding hydrogens is 492 g/mol. The van der Waals surface area contributed by atoms with Crippen molar-refractivity contribution in [3.8, 4) is 0 Å². The van der Waals surface area contributed by atoms with Gasteiger partial charge in [-0.1, -0.05) is 71.9 Å². The number of amides is 1. The third-order valence-electron chi connectivity index (χ3n) is 6.44. The number of para-hydroxylation sites is 2. The van der Waals surface area contributed by atoms with E-state index in [1.54, 1.807) is 10.6 Å². The number of benzene rings is 3. The van der Waals surface area contributed by atoms with Crippen LogP contribution in [0.2, 0.25) is 5.02 Å². The number of nitrogens with zero attached hydrogens (tertiary/aromatic N) is 4. The summed E-state index contributed by atoms with van der Waals surface area (Å²) < 4.78 is 1.64. The second-order valence-electron chi connectivity index (χ2n) is 8.70. The molecule has 8 heteroatoms. The maximum atomic E-state index is 13.4. The van der Waals surface area contributed by atoms with E-state index in [4.69, 9.17) is 16.6 Å². The molecule has 0 N–H and O–H groups in total. The van der Waals surface area contributed by atoms with Gasteiger partial charge in [0.05, 0.1) is 10.9 Å². The fourth-order valence-corrected chi connectivity index (χ4v) is 5.74. The smallest absolute Gasteiger partial charge is 0.262 e. The Balaban J connectivity index is 1.30. The molecule has 1 aromatic heterocycles. The standard InChI is InChI=1S/C28H27ClN4O2S/c29-24-12-6-4-8-21(24)20-36-28-30-25-13-7-5-11-23(25)27(35)33(28)15-14-26(34)32-18-16-31(17-19-32)22-9-2-1-3-10-22/h1-13H,14-20H2. The first-order valence-electron chi connectivity index (χ1n) is 12.0. The summed E-state index contributed by atoms with van der Waals surface area (Å²) in [4.78, 5) is 35.4. The first kappa shape index (κ1) is 24.4. The number of rotatable bonds is 7. The van der Waals surface area contributed by atoms with Crippen molar-refractivity contribution in [3.63, 3.8) is 0 Å². The topological polar surface area (TPSA) is 58.4 Å². The van der Waals surface area contributed by atoms with E-state index in [2.05, 4.69) is 17.0 Å². The summed E-state index contributed by atoms with van der Waals surface area (Å²) in [6, 6.07) is 25.3. The number of carbonyl (C=O) groups excluding carboxylic acids is 1. The normalized spacial score (nSPS) is 13.8. The average molecular weight is 519 g/mol. The monoisotopic (exact) mass is 518 g/mol. The van der Waals surface area contributed by atoms with Crippen LogP contribution in [0.1, 0.15) is 12.0 Å². The summed E-state index contributed by atoms with van der Waals surface area (Å²) in [6.45, 7) is 3.23. The van der Waals surface area contributed by atoms with Crippen LogP contribution in [0.5, 0.6) is 0 Å². The van der Waals surface area contributed by atoms with Crippen LogP contribution in [0.15, 0.2) is 88.8 Å². The number of piperazine rings is 1. The van der Waals surface area contributed by atoms with Gasteiger partial charge < -0.3 is 9.80 Å². The molecule has 1 aliphatic heterocycles. The van der Waals surface area contributed by atoms with Gasteiger partial charge in [0, 0.05) is 55.6 Å². The maximum absolute atomic E-state index is 13.4. The number of carbonyl (C=O) groups is 1. The predicted octanol–water partition coefficient (Wildman–Crippen LogP) is 5.08. The van der Waals surface area contributed by atoms with Gasteiger partial charge in [-0.3, -0.25) is 14.2 Å². The molecule has 0 saturated carbocycles. The SMILES string of the molecule is O=C(CCn1c(SCc2ccccc2Cl)nc2ccccc2c1=O)N1CCN(c2ccccc2)CC1. The first-order chi connectivity index (χ1) is 17.6. The summed E-state index contributed by atoms with van der Waals surface area (Å²) in [5.41, 5.74) is 2.69. The van der Waals surface area contributed by atoms with Crippen LogP contribution in [0.25, 0.3) is 10.9 Å². The minimum Gasteiger partial charge on any atom is -0.368 e. The number of anilines is 1. The number of hydrogen-bond donors (Lipinski definition) is 0. The summed E-state index contributed by atoms with van der Waals surface area (Å²) in [5, 5.41) is 1.84. The molecule has 184 valence electrons. The second-order valence-corrected chi connectivity index (χ2v) is 10.1. The first-order valence-corrected chi connectivity index (χ1v) is 13.4. The third-order valence-corrected chi connectivity index (χ3v) is 7.84. The Labute approximate surface area is 219 Å². The zero-order valence-corrected chi connectivity index (χ0v) is 21.4. The number of aromatic nitrogens is 2. The van der Waals surface area contributed by atoms with E-state index in [0.29, 0.717) is 46.5 Å². The van der Waals surface area contributed by atoms with Crippen LogP contribution in [0.4, 0.5) is 5.69 Å². The molecule has 1 saturated heterocycles. The van der Waals surface area contributed by atoms with Crippen LogP contribution in [0.3, 0.4) is 0 Å². The van der Waals surface area contributed by atoms with Crippen molar-refractivity contribution < 1.29 is 4.79 Å². The van der Waals surface area contributed by atoms with Crippen molar-refractivity contribution in [3.05, 3.63) is 99.8 Å². The molecule has 0 aliphatic carbocycles. The van der Waals surface area contributed by atoms with E-state index in [1.165, 1.54) is 17.4 Å². The van der Waals surface area contributed by atoms with Crippen LogP contribution < -0.4 is 10.5 Å². The van der Waals surface area contributed by atoms with E-state index >= 15 is 0 Å². The predicted molar refractivity (Wildman–Crippen MR) is 147 cm³/mol. The molecule has 0 spiro atoms. The minimum absolute atomic E-state index is 0.0600. The highest BCUT2D eigenvalue weighted by molar-refractivity contribution is 7.98. The Morgan fingerprint density at radius 3 is 2.36 bits per heavy atom. The molecule has 0 atom stereocenters. The maximum Gasteiger partial charge on any atom is 0.262 e. The van der Waals surface area contributed by atoms with Crippen molar-refractivity contribution in [2.24, 2.45) is 0 Å². The van der Waals surface area contributed by atoms with Gasteiger partial charge in [0.25, 0.3) is 5.56 Å². The van der Waals surface area contributed by atoms with E-state index in [-0.39, 0.29) is 17.9 Å².